The number of nitrogens with one attached hydrogen (secondary N) is 3. The number of amides is 4. The van der Waals surface area contributed by atoms with Gasteiger partial charge in [-0.05, 0) is 67.5 Å². The van der Waals surface area contributed by atoms with Crippen molar-refractivity contribution in [1.82, 2.24) is 16.0 Å². The summed E-state index contributed by atoms with van der Waals surface area (Å²) in [6, 6.07) is 12.0. The average Bonchev–Trinajstić information content (AvgIpc) is 3.64. The van der Waals surface area contributed by atoms with Gasteiger partial charge >= 0.3 is 0 Å². The number of unbranched alkanes of at least 4 members (excludes halogenated alkanes) is 3. The van der Waals surface area contributed by atoms with Crippen LogP contribution in [0.3, 0.4) is 0 Å². The third-order valence-corrected chi connectivity index (χ3v) is 11.0. The van der Waals surface area contributed by atoms with Crippen molar-refractivity contribution >= 4 is 46.8 Å². The summed E-state index contributed by atoms with van der Waals surface area (Å²) < 4.78 is 20.0. The molecule has 3 aliphatic heterocycles. The highest BCUT2D eigenvalue weighted by molar-refractivity contribution is 8.00. The fourth-order valence-electron chi connectivity index (χ4n) is 6.80. The van der Waals surface area contributed by atoms with Crippen LogP contribution in [0.2, 0.25) is 0 Å². The number of halogens is 1. The minimum atomic E-state index is -0.907. The predicted octanol–water partition coefficient (Wildman–Crippen LogP) is 5.89. The lowest BCUT2D eigenvalue weighted by Crippen LogP contribution is -2.34. The van der Waals surface area contributed by atoms with Crippen molar-refractivity contribution in [3.05, 3.63) is 59.9 Å². The van der Waals surface area contributed by atoms with Gasteiger partial charge in [0.1, 0.15) is 5.75 Å². The number of fused-ring (bicyclic) bond motifs is 3. The first-order chi connectivity index (χ1) is 24.1. The summed E-state index contributed by atoms with van der Waals surface area (Å²) >= 11 is 1.95. The van der Waals surface area contributed by atoms with Crippen molar-refractivity contribution in [2.75, 3.05) is 23.7 Å². The van der Waals surface area contributed by atoms with Gasteiger partial charge in [0, 0.05) is 73.5 Å². The largest absolute Gasteiger partial charge is 0.507 e. The molecular weight excluding hydrogens is 663 g/mol. The van der Waals surface area contributed by atoms with Crippen LogP contribution in [-0.4, -0.2) is 64.0 Å². The van der Waals surface area contributed by atoms with Gasteiger partial charge in [0.15, 0.2) is 23.1 Å². The molecule has 0 spiro atoms. The molecule has 11 nitrogen and oxygen atoms in total. The molecule has 2 fully saturated rings. The van der Waals surface area contributed by atoms with E-state index in [2.05, 4.69) is 16.0 Å². The van der Waals surface area contributed by atoms with E-state index in [1.807, 2.05) is 11.8 Å². The Morgan fingerprint density at radius 2 is 1.64 bits per heavy atom. The third kappa shape index (κ3) is 7.83. The lowest BCUT2D eigenvalue weighted by Gasteiger charge is -2.31. The molecule has 4 amide bonds. The minimum Gasteiger partial charge on any atom is -0.507 e. The van der Waals surface area contributed by atoms with Gasteiger partial charge in [-0.3, -0.25) is 24.1 Å². The standard InChI is InChI=1S/C37H41FN4O7S/c1-21(43)42-27-16-25(29(44)18-31(27)49-32-19-30(45)26(38)17-28(32)42)22-9-11-23(12-10-22)37(48)40-14-6-2-5-13-39-34(46)8-4-3-7-33-36-24(20-50-33)15-35(47)41-36/h9-12,16-19,24,33,36,44-45H,2-8,13-15,20H2,1H3,(H,39,46)(H,40,48)(H,41,47)/t24-,33-,36-/m0/s1. The first-order valence-electron chi connectivity index (χ1n) is 17.0. The molecular formula is C37H41FN4O7S. The lowest BCUT2D eigenvalue weighted by atomic mass is 9.97. The summed E-state index contributed by atoms with van der Waals surface area (Å²) in [6.07, 6.45) is 6.44. The minimum absolute atomic E-state index is 0.0583. The van der Waals surface area contributed by atoms with Crippen LogP contribution in [0.15, 0.2) is 48.5 Å². The number of aromatic hydroxyl groups is 2. The van der Waals surface area contributed by atoms with Crippen LogP contribution >= 0.6 is 11.8 Å². The molecule has 5 N–H and O–H groups in total. The molecule has 3 aromatic carbocycles. The number of rotatable bonds is 13. The molecule has 0 radical (unpaired) electrons. The Morgan fingerprint density at radius 3 is 2.38 bits per heavy atom. The molecule has 0 unspecified atom stereocenters. The number of carbonyl (C=O) groups is 4. The number of anilines is 2. The second kappa shape index (κ2) is 15.4. The van der Waals surface area contributed by atoms with Gasteiger partial charge in [-0.15, -0.1) is 0 Å². The zero-order valence-corrected chi connectivity index (χ0v) is 28.6. The Hall–Kier alpha value is -4.78. The number of benzene rings is 3. The van der Waals surface area contributed by atoms with Gasteiger partial charge in [-0.25, -0.2) is 4.39 Å². The zero-order chi connectivity index (χ0) is 35.4. The van der Waals surface area contributed by atoms with Crippen LogP contribution in [0.4, 0.5) is 15.8 Å². The van der Waals surface area contributed by atoms with Crippen molar-refractivity contribution < 1.29 is 38.5 Å². The van der Waals surface area contributed by atoms with E-state index in [9.17, 15) is 33.8 Å². The molecule has 0 bridgehead atoms. The van der Waals surface area contributed by atoms with Crippen molar-refractivity contribution in [1.29, 1.82) is 0 Å². The quantitative estimate of drug-likeness (QED) is 0.138. The normalized spacial score (nSPS) is 18.8. The Morgan fingerprint density at radius 1 is 0.940 bits per heavy atom. The van der Waals surface area contributed by atoms with Crippen molar-refractivity contribution in [3.63, 3.8) is 0 Å². The second-order valence-corrected chi connectivity index (χ2v) is 14.3. The maximum atomic E-state index is 14.2. The number of nitrogens with zero attached hydrogens (tertiary/aromatic N) is 1. The summed E-state index contributed by atoms with van der Waals surface area (Å²) in [7, 11) is 0. The molecule has 264 valence electrons. The van der Waals surface area contributed by atoms with E-state index >= 15 is 0 Å². The molecule has 3 heterocycles. The highest BCUT2D eigenvalue weighted by Gasteiger charge is 2.42. The topological polar surface area (TPSA) is 157 Å². The van der Waals surface area contributed by atoms with Gasteiger partial charge in [0.05, 0.1) is 11.4 Å². The third-order valence-electron chi connectivity index (χ3n) is 9.39. The molecule has 0 saturated carbocycles. The van der Waals surface area contributed by atoms with Crippen LogP contribution in [0, 0.1) is 11.7 Å². The molecule has 3 aromatic rings. The molecule has 3 atom stereocenters. The number of carbonyl (C=O) groups excluding carboxylic acids is 4. The number of thioether (sulfide) groups is 1. The van der Waals surface area contributed by atoms with Crippen LogP contribution in [0.1, 0.15) is 68.6 Å². The second-order valence-electron chi connectivity index (χ2n) is 13.0. The van der Waals surface area contributed by atoms with Crippen LogP contribution in [-0.2, 0) is 14.4 Å². The molecule has 13 heteroatoms. The fraction of sp³-hybridized carbons (Fsp3) is 0.405. The summed E-state index contributed by atoms with van der Waals surface area (Å²) in [4.78, 5) is 50.5. The highest BCUT2D eigenvalue weighted by Crippen LogP contribution is 2.51. The fourth-order valence-corrected chi connectivity index (χ4v) is 8.45. The Bertz CT molecular complexity index is 1790. The van der Waals surface area contributed by atoms with E-state index in [-0.39, 0.29) is 46.3 Å². The van der Waals surface area contributed by atoms with E-state index in [1.54, 1.807) is 30.3 Å². The molecule has 50 heavy (non-hydrogen) atoms. The van der Waals surface area contributed by atoms with Gasteiger partial charge in [-0.2, -0.15) is 11.8 Å². The first kappa shape index (κ1) is 35.1. The van der Waals surface area contributed by atoms with Gasteiger partial charge < -0.3 is 30.9 Å². The van der Waals surface area contributed by atoms with Crippen LogP contribution in [0.5, 0.6) is 23.0 Å². The highest BCUT2D eigenvalue weighted by atomic mass is 32.2. The van der Waals surface area contributed by atoms with Gasteiger partial charge in [0.2, 0.25) is 17.7 Å². The van der Waals surface area contributed by atoms with E-state index < -0.39 is 17.5 Å². The zero-order valence-electron chi connectivity index (χ0n) is 27.8. The first-order valence-corrected chi connectivity index (χ1v) is 18.1. The van der Waals surface area contributed by atoms with E-state index in [0.717, 1.165) is 56.4 Å². The van der Waals surface area contributed by atoms with Crippen LogP contribution in [0.25, 0.3) is 11.1 Å². The van der Waals surface area contributed by atoms with Crippen LogP contribution < -0.4 is 25.6 Å². The van der Waals surface area contributed by atoms with Gasteiger partial charge in [0.25, 0.3) is 5.91 Å². The number of phenolic OH excluding ortho intramolecular Hbond substituents is 2. The number of hydrogen-bond acceptors (Lipinski definition) is 8. The summed E-state index contributed by atoms with van der Waals surface area (Å²) in [5.74, 6) is -0.353. The molecule has 6 rings (SSSR count). The average molecular weight is 705 g/mol. The summed E-state index contributed by atoms with van der Waals surface area (Å²) in [5, 5.41) is 30.1. The summed E-state index contributed by atoms with van der Waals surface area (Å²) in [5.41, 5.74) is 1.81. The SMILES string of the molecule is CC(=O)N1c2cc(F)c(O)cc2Oc2cc(O)c(-c3ccc(C(=O)NCCCCCNC(=O)CCCC[C@@H]4SC[C@@H]5CC(=O)N[C@@H]54)cc3)cc21. The number of phenols is 2. The molecule has 0 aliphatic carbocycles. The Kier molecular flexibility index (Phi) is 10.8. The Labute approximate surface area is 294 Å². The molecule has 3 aliphatic rings. The van der Waals surface area contributed by atoms with Crippen molar-refractivity contribution in [3.8, 4) is 34.1 Å². The lowest BCUT2D eigenvalue weighted by molar-refractivity contribution is -0.121. The monoisotopic (exact) mass is 704 g/mol. The molecule has 2 saturated heterocycles. The van der Waals surface area contributed by atoms with E-state index in [0.29, 0.717) is 59.8 Å². The maximum absolute atomic E-state index is 14.2. The maximum Gasteiger partial charge on any atom is 0.251 e. The van der Waals surface area contributed by atoms with E-state index in [1.165, 1.54) is 17.9 Å². The Balaban J connectivity index is 0.909. The van der Waals surface area contributed by atoms with Crippen molar-refractivity contribution in [2.24, 2.45) is 5.92 Å². The van der Waals surface area contributed by atoms with Crippen molar-refractivity contribution in [2.45, 2.75) is 69.6 Å². The number of ether oxygens (including phenoxy) is 1. The predicted molar refractivity (Wildman–Crippen MR) is 188 cm³/mol. The molecule has 0 aromatic heterocycles. The van der Waals surface area contributed by atoms with E-state index in [4.69, 9.17) is 4.74 Å². The smallest absolute Gasteiger partial charge is 0.251 e. The van der Waals surface area contributed by atoms with Gasteiger partial charge in [-0.1, -0.05) is 18.6 Å². The summed E-state index contributed by atoms with van der Waals surface area (Å²) in [6.45, 7) is 2.40. The number of hydrogen-bond donors (Lipinski definition) is 5.